The van der Waals surface area contributed by atoms with Gasteiger partial charge in [0.25, 0.3) is 5.91 Å². The summed E-state index contributed by atoms with van der Waals surface area (Å²) in [6.07, 6.45) is 1.65. The number of nitrogens with zero attached hydrogens (tertiary/aromatic N) is 1. The summed E-state index contributed by atoms with van der Waals surface area (Å²) in [4.78, 5) is 11.1. The molecule has 0 atom stereocenters. The maximum absolute atomic E-state index is 11.1. The molecular formula is C10H10N2O3. The number of carbonyl (C=O) groups excluding carboxylic acids is 1. The average molecular weight is 206 g/mol. The molecule has 2 rings (SSSR count). The van der Waals surface area contributed by atoms with Crippen molar-refractivity contribution in [1.82, 2.24) is 0 Å². The SMILES string of the molecule is O=C(C=NO)Nc1cccc2c1OCC2. The maximum atomic E-state index is 11.1. The quantitative estimate of drug-likeness (QED) is 0.431. The van der Waals surface area contributed by atoms with Gasteiger partial charge in [-0.2, -0.15) is 0 Å². The smallest absolute Gasteiger partial charge is 0.270 e. The van der Waals surface area contributed by atoms with Crippen molar-refractivity contribution in [2.75, 3.05) is 11.9 Å². The Morgan fingerprint density at radius 1 is 1.60 bits per heavy atom. The molecule has 1 amide bonds. The van der Waals surface area contributed by atoms with Gasteiger partial charge < -0.3 is 15.3 Å². The molecule has 15 heavy (non-hydrogen) atoms. The van der Waals surface area contributed by atoms with Crippen molar-refractivity contribution >= 4 is 17.8 Å². The van der Waals surface area contributed by atoms with Gasteiger partial charge in [0.1, 0.15) is 12.0 Å². The summed E-state index contributed by atoms with van der Waals surface area (Å²) in [5, 5.41) is 13.4. The number of benzene rings is 1. The maximum Gasteiger partial charge on any atom is 0.270 e. The normalized spacial score (nSPS) is 13.6. The lowest BCUT2D eigenvalue weighted by Crippen LogP contribution is -2.13. The van der Waals surface area contributed by atoms with Gasteiger partial charge in [0.2, 0.25) is 0 Å². The van der Waals surface area contributed by atoms with Crippen molar-refractivity contribution in [3.05, 3.63) is 23.8 Å². The van der Waals surface area contributed by atoms with Crippen molar-refractivity contribution in [1.29, 1.82) is 0 Å². The number of rotatable bonds is 2. The summed E-state index contributed by atoms with van der Waals surface area (Å²) >= 11 is 0. The van der Waals surface area contributed by atoms with E-state index in [4.69, 9.17) is 9.94 Å². The fourth-order valence-electron chi connectivity index (χ4n) is 1.53. The molecule has 78 valence electrons. The molecule has 1 aromatic carbocycles. The molecule has 0 bridgehead atoms. The van der Waals surface area contributed by atoms with Gasteiger partial charge in [-0.3, -0.25) is 4.79 Å². The molecule has 1 heterocycles. The van der Waals surface area contributed by atoms with Gasteiger partial charge in [-0.05, 0) is 11.6 Å². The van der Waals surface area contributed by atoms with Crippen molar-refractivity contribution in [2.45, 2.75) is 6.42 Å². The molecule has 1 aliphatic heterocycles. The first-order valence-electron chi connectivity index (χ1n) is 4.54. The Balaban J connectivity index is 2.22. The van der Waals surface area contributed by atoms with Crippen LogP contribution in [-0.2, 0) is 11.2 Å². The van der Waals surface area contributed by atoms with E-state index < -0.39 is 5.91 Å². The summed E-state index contributed by atoms with van der Waals surface area (Å²) < 4.78 is 5.39. The van der Waals surface area contributed by atoms with Crippen LogP contribution in [0.5, 0.6) is 5.75 Å². The highest BCUT2D eigenvalue weighted by Crippen LogP contribution is 2.33. The van der Waals surface area contributed by atoms with E-state index in [1.54, 1.807) is 6.07 Å². The van der Waals surface area contributed by atoms with Gasteiger partial charge in [-0.15, -0.1) is 0 Å². The first-order valence-corrected chi connectivity index (χ1v) is 4.54. The molecule has 0 fully saturated rings. The van der Waals surface area contributed by atoms with Crippen LogP contribution in [0.4, 0.5) is 5.69 Å². The lowest BCUT2D eigenvalue weighted by Gasteiger charge is -2.07. The van der Waals surface area contributed by atoms with Crippen molar-refractivity contribution in [3.8, 4) is 5.75 Å². The minimum Gasteiger partial charge on any atom is -0.491 e. The molecule has 5 heteroatoms. The molecule has 2 N–H and O–H groups in total. The molecular weight excluding hydrogens is 196 g/mol. The minimum atomic E-state index is -0.485. The van der Waals surface area contributed by atoms with E-state index >= 15 is 0 Å². The molecule has 0 aromatic heterocycles. The van der Waals surface area contributed by atoms with Gasteiger partial charge in [-0.25, -0.2) is 0 Å². The first kappa shape index (κ1) is 9.51. The molecule has 1 aromatic rings. The van der Waals surface area contributed by atoms with Gasteiger partial charge in [0, 0.05) is 6.42 Å². The molecule has 0 aliphatic carbocycles. The fourth-order valence-corrected chi connectivity index (χ4v) is 1.53. The van der Waals surface area contributed by atoms with Gasteiger partial charge >= 0.3 is 0 Å². The third-order valence-electron chi connectivity index (χ3n) is 2.15. The summed E-state index contributed by atoms with van der Waals surface area (Å²) in [7, 11) is 0. The lowest BCUT2D eigenvalue weighted by atomic mass is 10.1. The zero-order chi connectivity index (χ0) is 10.7. The standard InChI is InChI=1S/C10H10N2O3/c13-9(6-11-14)12-8-3-1-2-7-4-5-15-10(7)8/h1-3,6,14H,4-5H2,(H,12,13). The van der Waals surface area contributed by atoms with Crippen LogP contribution < -0.4 is 10.1 Å². The number of carbonyl (C=O) groups is 1. The Morgan fingerprint density at radius 2 is 2.47 bits per heavy atom. The van der Waals surface area contributed by atoms with Crippen LogP contribution in [0.15, 0.2) is 23.4 Å². The van der Waals surface area contributed by atoms with Crippen LogP contribution in [0, 0.1) is 0 Å². The second-order valence-electron chi connectivity index (χ2n) is 3.13. The fraction of sp³-hybridized carbons (Fsp3) is 0.200. The molecule has 0 spiro atoms. The Labute approximate surface area is 86.4 Å². The van der Waals surface area contributed by atoms with Crippen LogP contribution >= 0.6 is 0 Å². The molecule has 5 nitrogen and oxygen atoms in total. The van der Waals surface area contributed by atoms with Crippen molar-refractivity contribution < 1.29 is 14.7 Å². The number of fused-ring (bicyclic) bond motifs is 1. The minimum absolute atomic E-state index is 0.485. The number of para-hydroxylation sites is 1. The van der Waals surface area contributed by atoms with Crippen LogP contribution in [-0.4, -0.2) is 23.9 Å². The zero-order valence-electron chi connectivity index (χ0n) is 7.93. The molecule has 0 saturated heterocycles. The van der Waals surface area contributed by atoms with E-state index in [1.165, 1.54) is 0 Å². The van der Waals surface area contributed by atoms with Gasteiger partial charge in [0.05, 0.1) is 12.3 Å². The molecule has 0 saturated carbocycles. The number of ether oxygens (including phenoxy) is 1. The predicted molar refractivity (Wildman–Crippen MR) is 54.5 cm³/mol. The number of oxime groups is 1. The predicted octanol–water partition coefficient (Wildman–Crippen LogP) is 1.02. The topological polar surface area (TPSA) is 70.9 Å². The number of amides is 1. The Morgan fingerprint density at radius 3 is 3.27 bits per heavy atom. The second kappa shape index (κ2) is 4.00. The molecule has 0 unspecified atom stereocenters. The Kier molecular flexibility index (Phi) is 2.53. The van der Waals surface area contributed by atoms with Gasteiger partial charge in [0.15, 0.2) is 0 Å². The van der Waals surface area contributed by atoms with E-state index in [0.29, 0.717) is 18.0 Å². The van der Waals surface area contributed by atoms with E-state index in [9.17, 15) is 4.79 Å². The summed E-state index contributed by atoms with van der Waals surface area (Å²) in [5.74, 6) is 0.221. The summed E-state index contributed by atoms with van der Waals surface area (Å²) in [5.41, 5.74) is 1.68. The first-order chi connectivity index (χ1) is 7.31. The van der Waals surface area contributed by atoms with Crippen LogP contribution in [0.2, 0.25) is 0 Å². The third kappa shape index (κ3) is 1.90. The number of hydrogen-bond acceptors (Lipinski definition) is 4. The average Bonchev–Trinajstić information content (AvgIpc) is 2.67. The molecule has 0 radical (unpaired) electrons. The van der Waals surface area contributed by atoms with Crippen molar-refractivity contribution in [3.63, 3.8) is 0 Å². The van der Waals surface area contributed by atoms with Gasteiger partial charge in [-0.1, -0.05) is 17.3 Å². The van der Waals surface area contributed by atoms with E-state index in [-0.39, 0.29) is 0 Å². The highest BCUT2D eigenvalue weighted by Gasteiger charge is 2.16. The summed E-state index contributed by atoms with van der Waals surface area (Å²) in [6.45, 7) is 0.635. The second-order valence-corrected chi connectivity index (χ2v) is 3.13. The summed E-state index contributed by atoms with van der Waals surface area (Å²) in [6, 6.07) is 5.55. The monoisotopic (exact) mass is 206 g/mol. The highest BCUT2D eigenvalue weighted by molar-refractivity contribution is 6.31. The van der Waals surface area contributed by atoms with Crippen LogP contribution in [0.3, 0.4) is 0 Å². The van der Waals surface area contributed by atoms with Crippen molar-refractivity contribution in [2.24, 2.45) is 5.16 Å². The Bertz CT molecular complexity index is 415. The molecule has 1 aliphatic rings. The van der Waals surface area contributed by atoms with E-state index in [2.05, 4.69) is 10.5 Å². The van der Waals surface area contributed by atoms with E-state index in [1.807, 2.05) is 12.1 Å². The zero-order valence-corrected chi connectivity index (χ0v) is 7.93. The highest BCUT2D eigenvalue weighted by atomic mass is 16.5. The lowest BCUT2D eigenvalue weighted by molar-refractivity contribution is -0.110. The number of anilines is 1. The van der Waals surface area contributed by atoms with Crippen LogP contribution in [0.25, 0.3) is 0 Å². The number of nitrogens with one attached hydrogen (secondary N) is 1. The largest absolute Gasteiger partial charge is 0.491 e. The third-order valence-corrected chi connectivity index (χ3v) is 2.15. The number of hydrogen-bond donors (Lipinski definition) is 2. The van der Waals surface area contributed by atoms with E-state index in [0.717, 1.165) is 18.2 Å². The Hall–Kier alpha value is -2.04. The van der Waals surface area contributed by atoms with Crippen LogP contribution in [0.1, 0.15) is 5.56 Å².